The highest BCUT2D eigenvalue weighted by atomic mass is 32.2. The first-order valence-corrected chi connectivity index (χ1v) is 14.2. The molecule has 2 aromatic rings. The predicted molar refractivity (Wildman–Crippen MR) is 140 cm³/mol. The van der Waals surface area contributed by atoms with Crippen molar-refractivity contribution >= 4 is 15.6 Å². The van der Waals surface area contributed by atoms with E-state index < -0.39 is 16.1 Å². The van der Waals surface area contributed by atoms with Gasteiger partial charge in [-0.15, -0.1) is 0 Å². The quantitative estimate of drug-likeness (QED) is 0.579. The summed E-state index contributed by atoms with van der Waals surface area (Å²) in [5, 5.41) is 9.84. The van der Waals surface area contributed by atoms with Crippen molar-refractivity contribution in [1.82, 2.24) is 9.21 Å². The Labute approximate surface area is 214 Å². The van der Waals surface area contributed by atoms with Gasteiger partial charge in [-0.05, 0) is 69.0 Å². The van der Waals surface area contributed by atoms with Gasteiger partial charge in [0, 0.05) is 37.2 Å². The lowest BCUT2D eigenvalue weighted by molar-refractivity contribution is 0.0730. The first-order chi connectivity index (χ1) is 17.2. The number of allylic oxidation sites excluding steroid dienone is 2. The number of hydrogen-bond donors (Lipinski definition) is 1. The van der Waals surface area contributed by atoms with Crippen LogP contribution in [0.15, 0.2) is 53.4 Å². The molecule has 36 heavy (non-hydrogen) atoms. The lowest BCUT2D eigenvalue weighted by Crippen LogP contribution is -2.49. The highest BCUT2D eigenvalue weighted by Crippen LogP contribution is 2.37. The highest BCUT2D eigenvalue weighted by Gasteiger charge is 2.38. The van der Waals surface area contributed by atoms with Crippen molar-refractivity contribution in [2.75, 3.05) is 26.7 Å². The molecule has 1 aliphatic heterocycles. The lowest BCUT2D eigenvalue weighted by Gasteiger charge is -2.37. The maximum atomic E-state index is 14.2. The smallest absolute Gasteiger partial charge is 0.247 e. The molecule has 1 N–H and O–H groups in total. The van der Waals surface area contributed by atoms with Crippen molar-refractivity contribution in [2.45, 2.75) is 63.1 Å². The van der Waals surface area contributed by atoms with E-state index in [-0.39, 0.29) is 35.9 Å². The van der Waals surface area contributed by atoms with Gasteiger partial charge < -0.3 is 9.84 Å². The fourth-order valence-corrected chi connectivity index (χ4v) is 6.86. The second-order valence-electron chi connectivity index (χ2n) is 10.2. The average Bonchev–Trinajstić information content (AvgIpc) is 2.87. The number of ether oxygens (including phenoxy) is 1. The molecule has 2 aliphatic rings. The van der Waals surface area contributed by atoms with Gasteiger partial charge >= 0.3 is 0 Å². The van der Waals surface area contributed by atoms with Crippen LogP contribution in [0, 0.1) is 11.7 Å². The van der Waals surface area contributed by atoms with E-state index in [0.29, 0.717) is 24.4 Å². The van der Waals surface area contributed by atoms with Gasteiger partial charge in [0.05, 0.1) is 6.61 Å². The van der Waals surface area contributed by atoms with Gasteiger partial charge in [0.15, 0.2) is 0 Å². The fourth-order valence-electron chi connectivity index (χ4n) is 5.03. The minimum absolute atomic E-state index is 0.122. The van der Waals surface area contributed by atoms with Gasteiger partial charge in [-0.25, -0.2) is 12.8 Å². The topological polar surface area (TPSA) is 70.1 Å². The second kappa shape index (κ2) is 11.4. The van der Waals surface area contributed by atoms with Crippen LogP contribution in [0.4, 0.5) is 4.39 Å². The zero-order valence-electron chi connectivity index (χ0n) is 21.4. The number of fused-ring (bicyclic) bond motifs is 1. The molecule has 0 saturated heterocycles. The molecule has 0 aromatic heterocycles. The van der Waals surface area contributed by atoms with Crippen molar-refractivity contribution in [3.63, 3.8) is 0 Å². The zero-order chi connectivity index (χ0) is 25.9. The second-order valence-corrected chi connectivity index (χ2v) is 12.0. The van der Waals surface area contributed by atoms with Gasteiger partial charge in [-0.1, -0.05) is 37.3 Å². The number of benzene rings is 2. The van der Waals surface area contributed by atoms with Gasteiger partial charge in [0.1, 0.15) is 22.6 Å². The fraction of sp³-hybridized carbons (Fsp3) is 0.500. The molecule has 1 heterocycles. The molecule has 0 saturated carbocycles. The maximum Gasteiger partial charge on any atom is 0.247 e. The van der Waals surface area contributed by atoms with Crippen LogP contribution >= 0.6 is 0 Å². The Hall–Kier alpha value is -2.26. The summed E-state index contributed by atoms with van der Waals surface area (Å²) in [6.07, 6.45) is 6.16. The van der Waals surface area contributed by atoms with Gasteiger partial charge in [-0.3, -0.25) is 4.90 Å². The standard InChI is InChI=1S/C28H37FN2O4S/c1-20-16-31(21(2)19-32)36(33,34)28-14-13-23(22-9-5-4-6-10-22)15-26(28)35-27(20)18-30(3)17-24-11-7-8-12-25(24)29/h7-9,11-15,20-21,27,32H,4-6,10,16-19H2,1-3H3/t20-,21+,27+/m0/s1. The summed E-state index contributed by atoms with van der Waals surface area (Å²) in [6, 6.07) is 11.5. The van der Waals surface area contributed by atoms with Crippen LogP contribution in [0.1, 0.15) is 50.7 Å². The Morgan fingerprint density at radius 2 is 2.00 bits per heavy atom. The summed E-state index contributed by atoms with van der Waals surface area (Å²) in [5.74, 6) is -0.0757. The summed E-state index contributed by atoms with van der Waals surface area (Å²) in [4.78, 5) is 2.12. The van der Waals surface area contributed by atoms with Crippen molar-refractivity contribution in [3.05, 3.63) is 65.5 Å². The minimum atomic E-state index is -3.87. The molecule has 0 spiro atoms. The van der Waals surface area contributed by atoms with E-state index in [1.807, 2.05) is 37.1 Å². The van der Waals surface area contributed by atoms with Crippen LogP contribution in [0.3, 0.4) is 0 Å². The summed E-state index contributed by atoms with van der Waals surface area (Å²) >= 11 is 0. The molecule has 0 bridgehead atoms. The molecule has 0 unspecified atom stereocenters. The van der Waals surface area contributed by atoms with Crippen LogP contribution in [-0.4, -0.2) is 61.6 Å². The summed E-state index contributed by atoms with van der Waals surface area (Å²) in [5.41, 5.74) is 2.80. The SMILES string of the molecule is C[C@H](CO)N1C[C@H](C)[C@@H](CN(C)Cc2ccccc2F)Oc2cc(C3=CCCCC3)ccc2S1(=O)=O. The van der Waals surface area contributed by atoms with Crippen LogP contribution in [0.5, 0.6) is 5.75 Å². The molecule has 4 rings (SSSR count). The van der Waals surface area contributed by atoms with E-state index in [9.17, 15) is 17.9 Å². The molecule has 3 atom stereocenters. The highest BCUT2D eigenvalue weighted by molar-refractivity contribution is 7.89. The summed E-state index contributed by atoms with van der Waals surface area (Å²) < 4.78 is 49.5. The van der Waals surface area contributed by atoms with Crippen molar-refractivity contribution in [2.24, 2.45) is 5.92 Å². The van der Waals surface area contributed by atoms with Gasteiger partial charge in [0.2, 0.25) is 10.0 Å². The molecule has 0 amide bonds. The lowest BCUT2D eigenvalue weighted by atomic mass is 9.93. The van der Waals surface area contributed by atoms with E-state index >= 15 is 0 Å². The molecule has 196 valence electrons. The predicted octanol–water partition coefficient (Wildman–Crippen LogP) is 4.68. The molecule has 8 heteroatoms. The number of nitrogens with zero attached hydrogens (tertiary/aromatic N) is 2. The van der Waals surface area contributed by atoms with E-state index in [2.05, 4.69) is 6.08 Å². The van der Waals surface area contributed by atoms with Crippen LogP contribution in [0.2, 0.25) is 0 Å². The summed E-state index contributed by atoms with van der Waals surface area (Å²) in [7, 11) is -1.96. The number of likely N-dealkylation sites (N-methyl/N-ethyl adjacent to an activating group) is 1. The Morgan fingerprint density at radius 1 is 1.22 bits per heavy atom. The first-order valence-electron chi connectivity index (χ1n) is 12.8. The third-order valence-electron chi connectivity index (χ3n) is 7.22. The summed E-state index contributed by atoms with van der Waals surface area (Å²) in [6.45, 7) is 4.52. The molecular formula is C28H37FN2O4S. The number of sulfonamides is 1. The normalized spacial score (nSPS) is 23.2. The van der Waals surface area contributed by atoms with Crippen LogP contribution in [0.25, 0.3) is 5.57 Å². The Bertz CT molecular complexity index is 1200. The maximum absolute atomic E-state index is 14.2. The number of hydrogen-bond acceptors (Lipinski definition) is 5. The Kier molecular flexibility index (Phi) is 8.50. The van der Waals surface area contributed by atoms with Crippen molar-refractivity contribution in [3.8, 4) is 5.75 Å². The molecular weight excluding hydrogens is 479 g/mol. The van der Waals surface area contributed by atoms with E-state index in [1.54, 1.807) is 25.1 Å². The zero-order valence-corrected chi connectivity index (χ0v) is 22.2. The molecule has 6 nitrogen and oxygen atoms in total. The van der Waals surface area contributed by atoms with E-state index in [1.165, 1.54) is 22.4 Å². The molecule has 0 fully saturated rings. The monoisotopic (exact) mass is 516 g/mol. The largest absolute Gasteiger partial charge is 0.487 e. The van der Waals surface area contributed by atoms with Crippen molar-refractivity contribution < 1.29 is 22.7 Å². The number of rotatable bonds is 7. The van der Waals surface area contributed by atoms with Gasteiger partial charge in [0.25, 0.3) is 0 Å². The van der Waals surface area contributed by atoms with E-state index in [0.717, 1.165) is 24.8 Å². The molecule has 2 aromatic carbocycles. The van der Waals surface area contributed by atoms with Crippen molar-refractivity contribution in [1.29, 1.82) is 0 Å². The molecule has 0 radical (unpaired) electrons. The third-order valence-corrected chi connectivity index (χ3v) is 9.24. The number of halogens is 1. The van der Waals surface area contributed by atoms with Crippen LogP contribution < -0.4 is 4.74 Å². The van der Waals surface area contributed by atoms with E-state index in [4.69, 9.17) is 4.74 Å². The first kappa shape index (κ1) is 26.8. The average molecular weight is 517 g/mol. The third kappa shape index (κ3) is 5.83. The number of aliphatic hydroxyl groups is 1. The van der Waals surface area contributed by atoms with Crippen LogP contribution in [-0.2, 0) is 16.6 Å². The minimum Gasteiger partial charge on any atom is -0.487 e. The van der Waals surface area contributed by atoms with Gasteiger partial charge in [-0.2, -0.15) is 4.31 Å². The Balaban J connectivity index is 1.69. The number of aliphatic hydroxyl groups excluding tert-OH is 1. The molecule has 1 aliphatic carbocycles. The Morgan fingerprint density at radius 3 is 2.69 bits per heavy atom.